The summed E-state index contributed by atoms with van der Waals surface area (Å²) in [7, 11) is 0. The van der Waals surface area contributed by atoms with E-state index in [0.717, 1.165) is 51.4 Å². The van der Waals surface area contributed by atoms with Crippen LogP contribution in [0.15, 0.2) is 16.5 Å². The summed E-state index contributed by atoms with van der Waals surface area (Å²) in [5, 5.41) is 2.93. The molecule has 0 radical (unpaired) electrons. The first-order valence-corrected chi connectivity index (χ1v) is 7.98. The largest absolute Gasteiger partial charge is 0.455 e. The van der Waals surface area contributed by atoms with Crippen molar-refractivity contribution in [3.8, 4) is 0 Å². The van der Waals surface area contributed by atoms with Crippen molar-refractivity contribution in [2.45, 2.75) is 32.2 Å². The van der Waals surface area contributed by atoms with E-state index < -0.39 is 0 Å². The van der Waals surface area contributed by atoms with Gasteiger partial charge < -0.3 is 14.5 Å². The predicted molar refractivity (Wildman–Crippen MR) is 79.1 cm³/mol. The van der Waals surface area contributed by atoms with Crippen LogP contribution in [0.25, 0.3) is 0 Å². The van der Waals surface area contributed by atoms with Gasteiger partial charge >= 0.3 is 0 Å². The number of amides is 1. The third kappa shape index (κ3) is 4.08. The van der Waals surface area contributed by atoms with Gasteiger partial charge in [-0.05, 0) is 56.8 Å². The van der Waals surface area contributed by atoms with Crippen LogP contribution in [0.4, 0.5) is 0 Å². The van der Waals surface area contributed by atoms with Gasteiger partial charge in [-0.1, -0.05) is 0 Å². The van der Waals surface area contributed by atoms with E-state index in [-0.39, 0.29) is 5.91 Å². The van der Waals surface area contributed by atoms with Crippen LogP contribution in [0.1, 0.15) is 42.0 Å². The summed E-state index contributed by atoms with van der Waals surface area (Å²) in [6.45, 7) is 5.45. The first kappa shape index (κ1) is 14.6. The van der Waals surface area contributed by atoms with Crippen molar-refractivity contribution in [3.63, 3.8) is 0 Å². The lowest BCUT2D eigenvalue weighted by Crippen LogP contribution is -2.25. The fourth-order valence-electron chi connectivity index (χ4n) is 3.03. The van der Waals surface area contributed by atoms with E-state index in [4.69, 9.17) is 9.15 Å². The zero-order valence-corrected chi connectivity index (χ0v) is 12.5. The number of rotatable bonds is 6. The minimum absolute atomic E-state index is 0.110. The van der Waals surface area contributed by atoms with Gasteiger partial charge in [0.15, 0.2) is 5.76 Å². The summed E-state index contributed by atoms with van der Waals surface area (Å²) in [6.07, 6.45) is 4.61. The molecule has 0 saturated carbocycles. The maximum Gasteiger partial charge on any atom is 0.286 e. The Morgan fingerprint density at radius 2 is 2.19 bits per heavy atom. The van der Waals surface area contributed by atoms with E-state index >= 15 is 0 Å². The van der Waals surface area contributed by atoms with Crippen LogP contribution >= 0.6 is 0 Å². The highest BCUT2D eigenvalue weighted by Crippen LogP contribution is 2.16. The first-order chi connectivity index (χ1) is 10.3. The Labute approximate surface area is 125 Å². The SMILES string of the molecule is O=C(NCC[C@H]1CCOC1)c1ccc(CN2CCCC2)o1. The Hall–Kier alpha value is -1.33. The van der Waals surface area contributed by atoms with Gasteiger partial charge in [-0.2, -0.15) is 0 Å². The molecule has 0 aromatic carbocycles. The quantitative estimate of drug-likeness (QED) is 0.871. The van der Waals surface area contributed by atoms with E-state index in [2.05, 4.69) is 10.2 Å². The highest BCUT2D eigenvalue weighted by atomic mass is 16.5. The Morgan fingerprint density at radius 3 is 2.95 bits per heavy atom. The van der Waals surface area contributed by atoms with Crippen LogP contribution < -0.4 is 5.32 Å². The molecule has 5 nitrogen and oxygen atoms in total. The van der Waals surface area contributed by atoms with Crippen molar-refractivity contribution in [3.05, 3.63) is 23.7 Å². The second kappa shape index (κ2) is 7.09. The zero-order valence-electron chi connectivity index (χ0n) is 12.5. The topological polar surface area (TPSA) is 54.7 Å². The fourth-order valence-corrected chi connectivity index (χ4v) is 3.03. The van der Waals surface area contributed by atoms with Crippen LogP contribution in [-0.2, 0) is 11.3 Å². The van der Waals surface area contributed by atoms with Crippen LogP contribution in [0.5, 0.6) is 0 Å². The van der Waals surface area contributed by atoms with Gasteiger partial charge in [-0.3, -0.25) is 9.69 Å². The molecular weight excluding hydrogens is 268 g/mol. The van der Waals surface area contributed by atoms with Crippen LogP contribution in [-0.4, -0.2) is 43.7 Å². The molecule has 116 valence electrons. The molecule has 1 aromatic rings. The Kier molecular flexibility index (Phi) is 4.93. The molecule has 21 heavy (non-hydrogen) atoms. The molecule has 0 unspecified atom stereocenters. The van der Waals surface area contributed by atoms with Crippen molar-refractivity contribution in [2.75, 3.05) is 32.8 Å². The molecule has 1 amide bonds. The number of hydrogen-bond donors (Lipinski definition) is 1. The van der Waals surface area contributed by atoms with Gasteiger partial charge in [0.25, 0.3) is 5.91 Å². The number of likely N-dealkylation sites (tertiary alicyclic amines) is 1. The number of nitrogens with zero attached hydrogens (tertiary/aromatic N) is 1. The second-order valence-corrected chi connectivity index (χ2v) is 6.02. The lowest BCUT2D eigenvalue weighted by atomic mass is 10.1. The van der Waals surface area contributed by atoms with Crippen molar-refractivity contribution in [1.29, 1.82) is 0 Å². The van der Waals surface area contributed by atoms with Crippen LogP contribution in [0, 0.1) is 5.92 Å². The van der Waals surface area contributed by atoms with Crippen molar-refractivity contribution in [1.82, 2.24) is 10.2 Å². The molecule has 3 heterocycles. The number of nitrogens with one attached hydrogen (secondary N) is 1. The van der Waals surface area contributed by atoms with E-state index in [1.165, 1.54) is 12.8 Å². The molecule has 0 spiro atoms. The fraction of sp³-hybridized carbons (Fsp3) is 0.688. The summed E-state index contributed by atoms with van der Waals surface area (Å²) < 4.78 is 11.0. The van der Waals surface area contributed by atoms with Gasteiger partial charge in [-0.25, -0.2) is 0 Å². The van der Waals surface area contributed by atoms with Gasteiger partial charge in [0, 0.05) is 19.8 Å². The summed E-state index contributed by atoms with van der Waals surface area (Å²) in [6, 6.07) is 3.69. The molecule has 3 rings (SSSR count). The lowest BCUT2D eigenvalue weighted by molar-refractivity contribution is 0.0919. The van der Waals surface area contributed by atoms with Crippen LogP contribution in [0.3, 0.4) is 0 Å². The zero-order chi connectivity index (χ0) is 14.5. The van der Waals surface area contributed by atoms with E-state index in [1.54, 1.807) is 6.07 Å². The molecule has 2 saturated heterocycles. The average Bonchev–Trinajstić information content (AvgIpc) is 3.20. The Bertz CT molecular complexity index is 460. The Balaban J connectivity index is 1.42. The highest BCUT2D eigenvalue weighted by molar-refractivity contribution is 5.91. The minimum Gasteiger partial charge on any atom is -0.455 e. The van der Waals surface area contributed by atoms with E-state index in [1.807, 2.05) is 6.07 Å². The maximum absolute atomic E-state index is 12.0. The molecule has 2 fully saturated rings. The predicted octanol–water partition coefficient (Wildman–Crippen LogP) is 2.03. The average molecular weight is 292 g/mol. The maximum atomic E-state index is 12.0. The third-order valence-electron chi connectivity index (χ3n) is 4.33. The molecule has 2 aliphatic rings. The summed E-state index contributed by atoms with van der Waals surface area (Å²) in [4.78, 5) is 14.4. The number of furan rings is 1. The van der Waals surface area contributed by atoms with Crippen LogP contribution in [0.2, 0.25) is 0 Å². The molecule has 1 N–H and O–H groups in total. The summed E-state index contributed by atoms with van der Waals surface area (Å²) in [5.41, 5.74) is 0. The summed E-state index contributed by atoms with van der Waals surface area (Å²) in [5.74, 6) is 1.78. The number of hydrogen-bond acceptors (Lipinski definition) is 4. The molecule has 5 heteroatoms. The van der Waals surface area contributed by atoms with Crippen molar-refractivity contribution in [2.24, 2.45) is 5.92 Å². The van der Waals surface area contributed by atoms with E-state index in [0.29, 0.717) is 18.2 Å². The number of ether oxygens (including phenoxy) is 1. The molecule has 2 aliphatic heterocycles. The van der Waals surface area contributed by atoms with E-state index in [9.17, 15) is 4.79 Å². The standard InChI is InChI=1S/C16H24N2O3/c19-16(17-7-5-13-6-10-20-12-13)15-4-3-14(21-15)11-18-8-1-2-9-18/h3-4,13H,1-2,5-12H2,(H,17,19)/t13-/m0/s1. The molecule has 1 aromatic heterocycles. The number of carbonyl (C=O) groups is 1. The van der Waals surface area contributed by atoms with Crippen molar-refractivity contribution >= 4 is 5.91 Å². The van der Waals surface area contributed by atoms with Gasteiger partial charge in [0.2, 0.25) is 0 Å². The molecular formula is C16H24N2O3. The number of carbonyl (C=O) groups excluding carboxylic acids is 1. The molecule has 1 atom stereocenters. The highest BCUT2D eigenvalue weighted by Gasteiger charge is 2.18. The molecule has 0 bridgehead atoms. The van der Waals surface area contributed by atoms with Gasteiger partial charge in [0.1, 0.15) is 5.76 Å². The smallest absolute Gasteiger partial charge is 0.286 e. The van der Waals surface area contributed by atoms with Crippen molar-refractivity contribution < 1.29 is 13.9 Å². The molecule has 0 aliphatic carbocycles. The first-order valence-electron chi connectivity index (χ1n) is 7.98. The minimum atomic E-state index is -0.110. The monoisotopic (exact) mass is 292 g/mol. The Morgan fingerprint density at radius 1 is 1.33 bits per heavy atom. The lowest BCUT2D eigenvalue weighted by Gasteiger charge is -2.11. The summed E-state index contributed by atoms with van der Waals surface area (Å²) >= 11 is 0. The second-order valence-electron chi connectivity index (χ2n) is 6.02. The third-order valence-corrected chi connectivity index (χ3v) is 4.33. The van der Waals surface area contributed by atoms with Gasteiger partial charge in [0.05, 0.1) is 6.54 Å². The normalized spacial score (nSPS) is 22.8. The van der Waals surface area contributed by atoms with Gasteiger partial charge in [-0.15, -0.1) is 0 Å².